The second-order valence-electron chi connectivity index (χ2n) is 4.34. The van der Waals surface area contributed by atoms with Crippen LogP contribution in [0.25, 0.3) is 27.8 Å². The Morgan fingerprint density at radius 1 is 0.944 bits per heavy atom. The molecule has 0 saturated carbocycles. The molecule has 0 unspecified atom stereocenters. The summed E-state index contributed by atoms with van der Waals surface area (Å²) in [6.07, 6.45) is 3.86. The van der Waals surface area contributed by atoms with Crippen LogP contribution in [0.3, 0.4) is 0 Å². The molecule has 0 atom stereocenters. The van der Waals surface area contributed by atoms with Gasteiger partial charge in [-0.3, -0.25) is 4.57 Å². The van der Waals surface area contributed by atoms with Gasteiger partial charge in [0.25, 0.3) is 0 Å². The largest absolute Gasteiger partial charge is 0.341 e. The lowest BCUT2D eigenvalue weighted by Crippen LogP contribution is -1.92. The van der Waals surface area contributed by atoms with Gasteiger partial charge in [0.05, 0.1) is 0 Å². The van der Waals surface area contributed by atoms with Crippen molar-refractivity contribution in [1.82, 2.24) is 14.5 Å². The molecule has 3 heterocycles. The first kappa shape index (κ1) is 9.48. The lowest BCUT2D eigenvalue weighted by molar-refractivity contribution is 1.05. The molecule has 0 amide bonds. The lowest BCUT2D eigenvalue weighted by atomic mass is 10.2. The van der Waals surface area contributed by atoms with Gasteiger partial charge in [-0.1, -0.05) is 18.2 Å². The summed E-state index contributed by atoms with van der Waals surface area (Å²) in [7, 11) is 0. The third-order valence-electron chi connectivity index (χ3n) is 3.22. The van der Waals surface area contributed by atoms with Gasteiger partial charge in [0.1, 0.15) is 11.5 Å². The number of H-pyrrole nitrogens is 1. The molecule has 0 bridgehead atoms. The van der Waals surface area contributed by atoms with Crippen molar-refractivity contribution in [2.75, 3.05) is 0 Å². The zero-order valence-corrected chi connectivity index (χ0v) is 9.67. The van der Waals surface area contributed by atoms with E-state index in [1.165, 1.54) is 5.39 Å². The molecule has 0 aliphatic heterocycles. The van der Waals surface area contributed by atoms with Crippen molar-refractivity contribution in [3.05, 3.63) is 60.9 Å². The molecular formula is C15H11N3. The number of aromatic amines is 1. The van der Waals surface area contributed by atoms with E-state index in [1.54, 1.807) is 0 Å². The number of benzene rings is 1. The highest BCUT2D eigenvalue weighted by Gasteiger charge is 2.06. The molecule has 0 radical (unpaired) electrons. The molecule has 3 aromatic heterocycles. The molecule has 4 aromatic rings. The van der Waals surface area contributed by atoms with Gasteiger partial charge in [0, 0.05) is 28.7 Å². The van der Waals surface area contributed by atoms with E-state index in [4.69, 9.17) is 0 Å². The monoisotopic (exact) mass is 233 g/mol. The van der Waals surface area contributed by atoms with E-state index in [-0.39, 0.29) is 0 Å². The molecular weight excluding hydrogens is 222 g/mol. The molecule has 1 aromatic carbocycles. The van der Waals surface area contributed by atoms with Crippen LogP contribution in [0.2, 0.25) is 0 Å². The van der Waals surface area contributed by atoms with Gasteiger partial charge in [0.15, 0.2) is 0 Å². The van der Waals surface area contributed by atoms with Crippen LogP contribution >= 0.6 is 0 Å². The maximum absolute atomic E-state index is 4.43. The smallest absolute Gasteiger partial charge is 0.145 e. The van der Waals surface area contributed by atoms with Gasteiger partial charge in [-0.2, -0.15) is 0 Å². The van der Waals surface area contributed by atoms with E-state index in [1.807, 2.05) is 30.6 Å². The van der Waals surface area contributed by atoms with Crippen LogP contribution in [-0.2, 0) is 0 Å². The van der Waals surface area contributed by atoms with E-state index >= 15 is 0 Å². The Kier molecular flexibility index (Phi) is 1.83. The molecule has 0 fully saturated rings. The van der Waals surface area contributed by atoms with Crippen molar-refractivity contribution in [2.45, 2.75) is 0 Å². The number of nitrogens with one attached hydrogen (secondary N) is 1. The summed E-state index contributed by atoms with van der Waals surface area (Å²) >= 11 is 0. The fraction of sp³-hybridized carbons (Fsp3) is 0. The van der Waals surface area contributed by atoms with Gasteiger partial charge in [-0.15, -0.1) is 0 Å². The average molecular weight is 233 g/mol. The van der Waals surface area contributed by atoms with Crippen molar-refractivity contribution >= 4 is 21.9 Å². The maximum Gasteiger partial charge on any atom is 0.145 e. The van der Waals surface area contributed by atoms with Gasteiger partial charge in [0.2, 0.25) is 0 Å². The Hall–Kier alpha value is -2.55. The number of aromatic nitrogens is 3. The molecule has 18 heavy (non-hydrogen) atoms. The third-order valence-corrected chi connectivity index (χ3v) is 3.22. The average Bonchev–Trinajstić information content (AvgIpc) is 3.02. The third kappa shape index (κ3) is 1.27. The lowest BCUT2D eigenvalue weighted by Gasteiger charge is -2.00. The first-order chi connectivity index (χ1) is 8.92. The minimum absolute atomic E-state index is 0.976. The molecule has 0 saturated heterocycles. The van der Waals surface area contributed by atoms with Crippen LogP contribution in [0.4, 0.5) is 0 Å². The van der Waals surface area contributed by atoms with Crippen LogP contribution in [0.5, 0.6) is 0 Å². The standard InChI is InChI=1S/C15H11N3/c1-2-6-13-12(4-1)10-14(17-13)18-9-7-11-5-3-8-16-15(11)18/h1-10,17H. The molecule has 0 aliphatic rings. The van der Waals surface area contributed by atoms with E-state index in [0.717, 1.165) is 22.4 Å². The fourth-order valence-electron chi connectivity index (χ4n) is 2.35. The summed E-state index contributed by atoms with van der Waals surface area (Å²) in [5.41, 5.74) is 2.12. The Labute approximate surface area is 104 Å². The maximum atomic E-state index is 4.43. The van der Waals surface area contributed by atoms with E-state index in [0.29, 0.717) is 0 Å². The molecule has 3 heteroatoms. The van der Waals surface area contributed by atoms with Crippen molar-refractivity contribution < 1.29 is 0 Å². The summed E-state index contributed by atoms with van der Waals surface area (Å²) in [6.45, 7) is 0. The molecule has 0 spiro atoms. The van der Waals surface area contributed by atoms with Crippen LogP contribution in [0.1, 0.15) is 0 Å². The Morgan fingerprint density at radius 2 is 1.83 bits per heavy atom. The summed E-state index contributed by atoms with van der Waals surface area (Å²) in [6, 6.07) is 16.5. The van der Waals surface area contributed by atoms with E-state index in [2.05, 4.69) is 44.9 Å². The fourth-order valence-corrected chi connectivity index (χ4v) is 2.35. The normalized spacial score (nSPS) is 11.3. The zero-order chi connectivity index (χ0) is 11.9. The summed E-state index contributed by atoms with van der Waals surface area (Å²) < 4.78 is 2.08. The van der Waals surface area contributed by atoms with E-state index < -0.39 is 0 Å². The van der Waals surface area contributed by atoms with Crippen LogP contribution in [-0.4, -0.2) is 14.5 Å². The molecule has 3 nitrogen and oxygen atoms in total. The summed E-state index contributed by atoms with van der Waals surface area (Å²) in [5.74, 6) is 1.05. The van der Waals surface area contributed by atoms with Crippen molar-refractivity contribution in [3.63, 3.8) is 0 Å². The van der Waals surface area contributed by atoms with Crippen LogP contribution in [0.15, 0.2) is 60.9 Å². The Bertz CT molecular complexity index is 806. The number of fused-ring (bicyclic) bond motifs is 2. The summed E-state index contributed by atoms with van der Waals surface area (Å²) in [5, 5.41) is 2.36. The first-order valence-corrected chi connectivity index (χ1v) is 5.92. The molecule has 0 aliphatic carbocycles. The second kappa shape index (κ2) is 3.47. The highest BCUT2D eigenvalue weighted by atomic mass is 15.1. The Balaban J connectivity index is 2.01. The van der Waals surface area contributed by atoms with Gasteiger partial charge in [-0.05, 0) is 30.3 Å². The molecule has 4 rings (SSSR count). The second-order valence-corrected chi connectivity index (χ2v) is 4.34. The number of rotatable bonds is 1. The van der Waals surface area contributed by atoms with Crippen LogP contribution in [0, 0.1) is 0 Å². The van der Waals surface area contributed by atoms with Crippen molar-refractivity contribution in [1.29, 1.82) is 0 Å². The zero-order valence-electron chi connectivity index (χ0n) is 9.67. The predicted octanol–water partition coefficient (Wildman–Crippen LogP) is 3.51. The van der Waals surface area contributed by atoms with Gasteiger partial charge < -0.3 is 4.98 Å². The topological polar surface area (TPSA) is 33.6 Å². The minimum Gasteiger partial charge on any atom is -0.341 e. The predicted molar refractivity (Wildman–Crippen MR) is 72.9 cm³/mol. The highest BCUT2D eigenvalue weighted by molar-refractivity contribution is 5.84. The quantitative estimate of drug-likeness (QED) is 0.536. The molecule has 1 N–H and O–H groups in total. The van der Waals surface area contributed by atoms with Crippen molar-refractivity contribution in [2.24, 2.45) is 0 Å². The van der Waals surface area contributed by atoms with E-state index in [9.17, 15) is 0 Å². The minimum atomic E-state index is 0.976. The number of para-hydroxylation sites is 1. The number of hydrogen-bond acceptors (Lipinski definition) is 1. The van der Waals surface area contributed by atoms with Crippen molar-refractivity contribution in [3.8, 4) is 5.82 Å². The van der Waals surface area contributed by atoms with Crippen LogP contribution < -0.4 is 0 Å². The Morgan fingerprint density at radius 3 is 2.78 bits per heavy atom. The number of pyridine rings is 1. The highest BCUT2D eigenvalue weighted by Crippen LogP contribution is 2.21. The first-order valence-electron chi connectivity index (χ1n) is 5.92. The number of hydrogen-bond donors (Lipinski definition) is 1. The SMILES string of the molecule is c1ccc2[nH]c(-n3ccc4cccnc43)cc2c1. The summed E-state index contributed by atoms with van der Waals surface area (Å²) in [4.78, 5) is 7.84. The number of nitrogens with zero attached hydrogens (tertiary/aromatic N) is 2. The van der Waals surface area contributed by atoms with Gasteiger partial charge >= 0.3 is 0 Å². The van der Waals surface area contributed by atoms with Gasteiger partial charge in [-0.25, -0.2) is 4.98 Å². The molecule has 86 valence electrons.